The Kier molecular flexibility index (Phi) is 5.17. The number of fused-ring (bicyclic) bond motifs is 1. The number of amides is 1. The topological polar surface area (TPSA) is 55.1 Å². The number of halogens is 1. The first kappa shape index (κ1) is 16.7. The summed E-state index contributed by atoms with van der Waals surface area (Å²) < 4.78 is 5.61. The number of carbonyl (C=O) groups excluding carboxylic acids is 1. The Morgan fingerprint density at radius 2 is 2.26 bits per heavy atom. The van der Waals surface area contributed by atoms with Crippen LogP contribution in [0.2, 0.25) is 5.02 Å². The molecule has 1 heterocycles. The van der Waals surface area contributed by atoms with E-state index in [-0.39, 0.29) is 11.9 Å². The average Bonchev–Trinajstić information content (AvgIpc) is 2.92. The second-order valence-corrected chi connectivity index (χ2v) is 7.68. The molecule has 2 aromatic rings. The van der Waals surface area contributed by atoms with Crippen molar-refractivity contribution in [3.8, 4) is 0 Å². The molecule has 124 valence electrons. The van der Waals surface area contributed by atoms with Gasteiger partial charge in [-0.25, -0.2) is 4.98 Å². The van der Waals surface area contributed by atoms with E-state index in [0.29, 0.717) is 33.4 Å². The van der Waals surface area contributed by atoms with Crippen LogP contribution < -0.4 is 5.32 Å². The van der Waals surface area contributed by atoms with Gasteiger partial charge in [0.2, 0.25) is 5.91 Å². The molecule has 6 heteroatoms. The zero-order valence-corrected chi connectivity index (χ0v) is 14.9. The molecule has 1 fully saturated rings. The monoisotopic (exact) mass is 352 g/mol. The van der Waals surface area contributed by atoms with Crippen molar-refractivity contribution < 1.29 is 9.21 Å². The number of benzene rings is 1. The van der Waals surface area contributed by atoms with Crippen molar-refractivity contribution in [3.63, 3.8) is 0 Å². The molecule has 1 aliphatic carbocycles. The first-order valence-electron chi connectivity index (χ1n) is 8.01. The lowest BCUT2D eigenvalue weighted by Crippen LogP contribution is -2.44. The number of oxazole rings is 1. The standard InChI is InChI=1S/C17H21ClN2O2S/c1-10-4-3-5-13(11(10)2)19-16(21)9-23-17-20-14-7-6-12(18)8-15(14)22-17/h6-8,10-11,13H,3-5,9H2,1-2H3,(H,19,21). The van der Waals surface area contributed by atoms with Crippen molar-refractivity contribution in [2.45, 2.75) is 44.4 Å². The van der Waals surface area contributed by atoms with E-state index in [1.807, 2.05) is 6.07 Å². The molecule has 0 radical (unpaired) electrons. The van der Waals surface area contributed by atoms with Gasteiger partial charge in [-0.15, -0.1) is 0 Å². The van der Waals surface area contributed by atoms with Gasteiger partial charge < -0.3 is 9.73 Å². The molecular formula is C17H21ClN2O2S. The molecular weight excluding hydrogens is 332 g/mol. The fraction of sp³-hybridized carbons (Fsp3) is 0.529. The number of aromatic nitrogens is 1. The maximum absolute atomic E-state index is 12.2. The van der Waals surface area contributed by atoms with E-state index in [2.05, 4.69) is 24.1 Å². The maximum atomic E-state index is 12.2. The Hall–Kier alpha value is -1.20. The van der Waals surface area contributed by atoms with E-state index in [9.17, 15) is 4.79 Å². The highest BCUT2D eigenvalue weighted by atomic mass is 35.5. The minimum atomic E-state index is 0.0428. The van der Waals surface area contributed by atoms with Gasteiger partial charge in [0.1, 0.15) is 5.52 Å². The summed E-state index contributed by atoms with van der Waals surface area (Å²) in [6.07, 6.45) is 3.52. The Bertz CT molecular complexity index is 703. The number of nitrogens with zero attached hydrogens (tertiary/aromatic N) is 1. The Morgan fingerprint density at radius 3 is 3.09 bits per heavy atom. The van der Waals surface area contributed by atoms with Crippen LogP contribution in [0.5, 0.6) is 0 Å². The van der Waals surface area contributed by atoms with Crippen molar-refractivity contribution in [1.29, 1.82) is 0 Å². The van der Waals surface area contributed by atoms with Gasteiger partial charge in [0.15, 0.2) is 5.58 Å². The van der Waals surface area contributed by atoms with E-state index >= 15 is 0 Å². The highest BCUT2D eigenvalue weighted by Gasteiger charge is 2.28. The predicted octanol–water partition coefficient (Wildman–Crippen LogP) is 4.51. The van der Waals surface area contributed by atoms with Gasteiger partial charge in [-0.05, 0) is 30.4 Å². The summed E-state index contributed by atoms with van der Waals surface area (Å²) in [5.74, 6) is 1.56. The van der Waals surface area contributed by atoms with Crippen LogP contribution in [0.15, 0.2) is 27.8 Å². The second-order valence-electron chi connectivity index (χ2n) is 6.32. The number of nitrogens with one attached hydrogen (secondary N) is 1. The van der Waals surface area contributed by atoms with E-state index in [0.717, 1.165) is 11.9 Å². The third-order valence-corrected chi connectivity index (χ3v) is 5.77. The van der Waals surface area contributed by atoms with Gasteiger partial charge in [-0.1, -0.05) is 50.1 Å². The number of hydrogen-bond acceptors (Lipinski definition) is 4. The molecule has 4 nitrogen and oxygen atoms in total. The van der Waals surface area contributed by atoms with E-state index in [1.165, 1.54) is 24.6 Å². The minimum Gasteiger partial charge on any atom is -0.431 e. The normalized spacial score (nSPS) is 24.7. The van der Waals surface area contributed by atoms with Crippen LogP contribution in [0.1, 0.15) is 33.1 Å². The summed E-state index contributed by atoms with van der Waals surface area (Å²) in [6, 6.07) is 5.61. The van der Waals surface area contributed by atoms with E-state index < -0.39 is 0 Å². The molecule has 1 aliphatic rings. The fourth-order valence-corrected chi connectivity index (χ4v) is 3.91. The molecule has 1 aromatic heterocycles. The van der Waals surface area contributed by atoms with Crippen LogP contribution in [0.3, 0.4) is 0 Å². The Balaban J connectivity index is 1.55. The van der Waals surface area contributed by atoms with Crippen LogP contribution in [-0.2, 0) is 4.79 Å². The molecule has 1 amide bonds. The zero-order chi connectivity index (χ0) is 16.4. The quantitative estimate of drug-likeness (QED) is 0.822. The van der Waals surface area contributed by atoms with Crippen molar-refractivity contribution in [3.05, 3.63) is 23.2 Å². The summed E-state index contributed by atoms with van der Waals surface area (Å²) in [4.78, 5) is 16.5. The SMILES string of the molecule is CC1CCCC(NC(=O)CSc2nc3ccc(Cl)cc3o2)C1C. The first-order chi connectivity index (χ1) is 11.0. The lowest BCUT2D eigenvalue weighted by Gasteiger charge is -2.34. The predicted molar refractivity (Wildman–Crippen MR) is 93.9 cm³/mol. The van der Waals surface area contributed by atoms with Crippen molar-refractivity contribution in [2.24, 2.45) is 11.8 Å². The van der Waals surface area contributed by atoms with Crippen molar-refractivity contribution in [1.82, 2.24) is 10.3 Å². The third-order valence-electron chi connectivity index (χ3n) is 4.71. The van der Waals surface area contributed by atoms with Gasteiger partial charge >= 0.3 is 0 Å². The molecule has 1 saturated carbocycles. The first-order valence-corrected chi connectivity index (χ1v) is 9.37. The molecule has 1 aromatic carbocycles. The van der Waals surface area contributed by atoms with Gasteiger partial charge in [0.05, 0.1) is 5.75 Å². The minimum absolute atomic E-state index is 0.0428. The highest BCUT2D eigenvalue weighted by Crippen LogP contribution is 2.30. The fourth-order valence-electron chi connectivity index (χ4n) is 3.10. The molecule has 1 N–H and O–H groups in total. The van der Waals surface area contributed by atoms with Gasteiger partial charge in [0.25, 0.3) is 5.22 Å². The van der Waals surface area contributed by atoms with E-state index in [1.54, 1.807) is 12.1 Å². The molecule has 0 bridgehead atoms. The largest absolute Gasteiger partial charge is 0.431 e. The molecule has 23 heavy (non-hydrogen) atoms. The van der Waals surface area contributed by atoms with Crippen molar-refractivity contribution in [2.75, 3.05) is 5.75 Å². The molecule has 0 saturated heterocycles. The van der Waals surface area contributed by atoms with E-state index in [4.69, 9.17) is 16.0 Å². The van der Waals surface area contributed by atoms with Crippen LogP contribution in [-0.4, -0.2) is 22.7 Å². The summed E-state index contributed by atoms with van der Waals surface area (Å²) >= 11 is 7.25. The van der Waals surface area contributed by atoms with Crippen LogP contribution >= 0.6 is 23.4 Å². The Morgan fingerprint density at radius 1 is 1.43 bits per heavy atom. The van der Waals surface area contributed by atoms with Crippen LogP contribution in [0, 0.1) is 11.8 Å². The number of carbonyl (C=O) groups is 1. The molecule has 3 atom stereocenters. The number of hydrogen-bond donors (Lipinski definition) is 1. The van der Waals surface area contributed by atoms with Gasteiger partial charge in [0, 0.05) is 17.1 Å². The zero-order valence-electron chi connectivity index (χ0n) is 13.3. The van der Waals surface area contributed by atoms with Crippen LogP contribution in [0.25, 0.3) is 11.1 Å². The lowest BCUT2D eigenvalue weighted by molar-refractivity contribution is -0.120. The maximum Gasteiger partial charge on any atom is 0.257 e. The smallest absolute Gasteiger partial charge is 0.257 e. The molecule has 3 unspecified atom stereocenters. The Labute approximate surface area is 145 Å². The van der Waals surface area contributed by atoms with Crippen LogP contribution in [0.4, 0.5) is 0 Å². The van der Waals surface area contributed by atoms with Crippen molar-refractivity contribution >= 4 is 40.4 Å². The second kappa shape index (κ2) is 7.14. The summed E-state index contributed by atoms with van der Waals surface area (Å²) in [5, 5.41) is 4.28. The summed E-state index contributed by atoms with van der Waals surface area (Å²) in [6.45, 7) is 4.49. The lowest BCUT2D eigenvalue weighted by atomic mass is 9.78. The average molecular weight is 353 g/mol. The number of thioether (sulfide) groups is 1. The summed E-state index contributed by atoms with van der Waals surface area (Å²) in [5.41, 5.74) is 1.40. The van der Waals surface area contributed by atoms with Gasteiger partial charge in [-0.2, -0.15) is 0 Å². The molecule has 3 rings (SSSR count). The molecule has 0 aliphatic heterocycles. The highest BCUT2D eigenvalue weighted by molar-refractivity contribution is 7.99. The third kappa shape index (κ3) is 4.01. The molecule has 0 spiro atoms. The number of rotatable bonds is 4. The summed E-state index contributed by atoms with van der Waals surface area (Å²) in [7, 11) is 0. The van der Waals surface area contributed by atoms with Gasteiger partial charge in [-0.3, -0.25) is 4.79 Å².